The van der Waals surface area contributed by atoms with E-state index in [0.717, 1.165) is 37.2 Å². The van der Waals surface area contributed by atoms with E-state index < -0.39 is 0 Å². The Bertz CT molecular complexity index is 428. The zero-order chi connectivity index (χ0) is 13.1. The van der Waals surface area contributed by atoms with Crippen molar-refractivity contribution in [2.24, 2.45) is 0 Å². The molecule has 1 aliphatic heterocycles. The number of aliphatic hydroxyl groups is 1. The standard InChI is InChI=1S/C13H21N3O2/c1-10-7-11(2)16(14-10)8-13(18)15-6-4-3-5-12(15)9-17/h7,12,17H,3-6,8-9H2,1-2H3. The number of hydrogen-bond acceptors (Lipinski definition) is 3. The van der Waals surface area contributed by atoms with Crippen LogP contribution in [-0.4, -0.2) is 44.9 Å². The molecular formula is C13H21N3O2. The van der Waals surface area contributed by atoms with Gasteiger partial charge < -0.3 is 10.0 Å². The molecule has 1 atom stereocenters. The molecule has 100 valence electrons. The summed E-state index contributed by atoms with van der Waals surface area (Å²) in [4.78, 5) is 14.1. The van der Waals surface area contributed by atoms with E-state index in [-0.39, 0.29) is 25.1 Å². The van der Waals surface area contributed by atoms with Gasteiger partial charge in [0.15, 0.2) is 0 Å². The van der Waals surface area contributed by atoms with Crippen LogP contribution in [0.15, 0.2) is 6.07 Å². The Hall–Kier alpha value is -1.36. The van der Waals surface area contributed by atoms with E-state index >= 15 is 0 Å². The first-order chi connectivity index (χ1) is 8.61. The molecule has 5 nitrogen and oxygen atoms in total. The number of amides is 1. The first-order valence-electron chi connectivity index (χ1n) is 6.53. The summed E-state index contributed by atoms with van der Waals surface area (Å²) in [5.41, 5.74) is 1.93. The fourth-order valence-electron chi connectivity index (χ4n) is 2.57. The summed E-state index contributed by atoms with van der Waals surface area (Å²) < 4.78 is 1.74. The minimum atomic E-state index is -0.0109. The smallest absolute Gasteiger partial charge is 0.244 e. The molecule has 1 aliphatic rings. The third-order valence-corrected chi connectivity index (χ3v) is 3.55. The van der Waals surface area contributed by atoms with Crippen molar-refractivity contribution in [3.63, 3.8) is 0 Å². The quantitative estimate of drug-likeness (QED) is 0.867. The fourth-order valence-corrected chi connectivity index (χ4v) is 2.57. The van der Waals surface area contributed by atoms with Gasteiger partial charge in [0.1, 0.15) is 6.54 Å². The van der Waals surface area contributed by atoms with Gasteiger partial charge in [-0.1, -0.05) is 0 Å². The molecule has 0 aromatic carbocycles. The van der Waals surface area contributed by atoms with Gasteiger partial charge in [-0.2, -0.15) is 5.10 Å². The van der Waals surface area contributed by atoms with Gasteiger partial charge in [-0.3, -0.25) is 9.48 Å². The topological polar surface area (TPSA) is 58.4 Å². The molecule has 0 saturated carbocycles. The highest BCUT2D eigenvalue weighted by Crippen LogP contribution is 2.17. The van der Waals surface area contributed by atoms with Gasteiger partial charge >= 0.3 is 0 Å². The fraction of sp³-hybridized carbons (Fsp3) is 0.692. The molecular weight excluding hydrogens is 230 g/mol. The molecule has 1 fully saturated rings. The maximum Gasteiger partial charge on any atom is 0.244 e. The number of aliphatic hydroxyl groups excluding tert-OH is 1. The average molecular weight is 251 g/mol. The maximum absolute atomic E-state index is 12.3. The van der Waals surface area contributed by atoms with Crippen LogP contribution in [0.5, 0.6) is 0 Å². The molecule has 1 N–H and O–H groups in total. The van der Waals surface area contributed by atoms with Gasteiger partial charge in [-0.05, 0) is 39.2 Å². The molecule has 1 aromatic heterocycles. The van der Waals surface area contributed by atoms with Crippen molar-refractivity contribution >= 4 is 5.91 Å². The monoisotopic (exact) mass is 251 g/mol. The molecule has 18 heavy (non-hydrogen) atoms. The summed E-state index contributed by atoms with van der Waals surface area (Å²) in [7, 11) is 0. The molecule has 1 unspecified atom stereocenters. The van der Waals surface area contributed by atoms with Gasteiger partial charge in [-0.25, -0.2) is 0 Å². The molecule has 2 heterocycles. The van der Waals surface area contributed by atoms with Crippen molar-refractivity contribution in [3.05, 3.63) is 17.5 Å². The Morgan fingerprint density at radius 1 is 1.50 bits per heavy atom. The largest absolute Gasteiger partial charge is 0.394 e. The minimum absolute atomic E-state index is 0.0109. The number of aromatic nitrogens is 2. The second-order valence-corrected chi connectivity index (χ2v) is 5.00. The highest BCUT2D eigenvalue weighted by Gasteiger charge is 2.26. The Morgan fingerprint density at radius 2 is 2.28 bits per heavy atom. The lowest BCUT2D eigenvalue weighted by Gasteiger charge is -2.34. The third kappa shape index (κ3) is 2.72. The van der Waals surface area contributed by atoms with Gasteiger partial charge in [0, 0.05) is 12.2 Å². The van der Waals surface area contributed by atoms with E-state index in [4.69, 9.17) is 0 Å². The average Bonchev–Trinajstić information content (AvgIpc) is 2.67. The van der Waals surface area contributed by atoms with Crippen LogP contribution >= 0.6 is 0 Å². The molecule has 1 saturated heterocycles. The zero-order valence-corrected chi connectivity index (χ0v) is 11.1. The van der Waals surface area contributed by atoms with Crippen LogP contribution in [0.2, 0.25) is 0 Å². The van der Waals surface area contributed by atoms with E-state index in [1.165, 1.54) is 0 Å². The minimum Gasteiger partial charge on any atom is -0.394 e. The number of rotatable bonds is 3. The predicted molar refractivity (Wildman–Crippen MR) is 68.1 cm³/mol. The van der Waals surface area contributed by atoms with E-state index in [9.17, 15) is 9.90 Å². The summed E-state index contributed by atoms with van der Waals surface area (Å²) in [6.07, 6.45) is 3.02. The van der Waals surface area contributed by atoms with Crippen LogP contribution in [0.3, 0.4) is 0 Å². The summed E-state index contributed by atoms with van der Waals surface area (Å²) >= 11 is 0. The van der Waals surface area contributed by atoms with Crippen LogP contribution in [0.1, 0.15) is 30.7 Å². The second-order valence-electron chi connectivity index (χ2n) is 5.00. The summed E-state index contributed by atoms with van der Waals surface area (Å²) in [6.45, 7) is 4.96. The molecule has 0 aliphatic carbocycles. The number of carbonyl (C=O) groups excluding carboxylic acids is 1. The second kappa shape index (κ2) is 5.52. The molecule has 2 rings (SSSR count). The lowest BCUT2D eigenvalue weighted by Crippen LogP contribution is -2.47. The van der Waals surface area contributed by atoms with Crippen LogP contribution in [0, 0.1) is 13.8 Å². The van der Waals surface area contributed by atoms with Crippen LogP contribution < -0.4 is 0 Å². The van der Waals surface area contributed by atoms with Crippen LogP contribution in [-0.2, 0) is 11.3 Å². The predicted octanol–water partition coefficient (Wildman–Crippen LogP) is 0.873. The van der Waals surface area contributed by atoms with Crippen molar-refractivity contribution < 1.29 is 9.90 Å². The van der Waals surface area contributed by atoms with Crippen molar-refractivity contribution in [3.8, 4) is 0 Å². The first-order valence-corrected chi connectivity index (χ1v) is 6.53. The third-order valence-electron chi connectivity index (χ3n) is 3.55. The van der Waals surface area contributed by atoms with Crippen LogP contribution in [0.4, 0.5) is 0 Å². The Balaban J connectivity index is 2.04. The highest BCUT2D eigenvalue weighted by molar-refractivity contribution is 5.76. The van der Waals surface area contributed by atoms with E-state index in [2.05, 4.69) is 5.10 Å². The number of likely N-dealkylation sites (tertiary alicyclic amines) is 1. The highest BCUT2D eigenvalue weighted by atomic mass is 16.3. The van der Waals surface area contributed by atoms with Gasteiger partial charge in [0.05, 0.1) is 18.3 Å². The zero-order valence-electron chi connectivity index (χ0n) is 11.1. The maximum atomic E-state index is 12.3. The number of carbonyl (C=O) groups is 1. The van der Waals surface area contributed by atoms with E-state index in [0.29, 0.717) is 0 Å². The molecule has 1 aromatic rings. The van der Waals surface area contributed by atoms with E-state index in [1.807, 2.05) is 19.9 Å². The van der Waals surface area contributed by atoms with Gasteiger partial charge in [0.25, 0.3) is 0 Å². The molecule has 0 bridgehead atoms. The van der Waals surface area contributed by atoms with Crippen molar-refractivity contribution in [1.82, 2.24) is 14.7 Å². The number of hydrogen-bond donors (Lipinski definition) is 1. The molecule has 0 spiro atoms. The van der Waals surface area contributed by atoms with Crippen molar-refractivity contribution in [2.75, 3.05) is 13.2 Å². The summed E-state index contributed by atoms with van der Waals surface area (Å²) in [6, 6.07) is 1.95. The first kappa shape index (κ1) is 13.1. The van der Waals surface area contributed by atoms with Gasteiger partial charge in [-0.15, -0.1) is 0 Å². The Labute approximate surface area is 107 Å². The molecule has 5 heteroatoms. The number of nitrogens with zero attached hydrogens (tertiary/aromatic N) is 3. The SMILES string of the molecule is Cc1cc(C)n(CC(=O)N2CCCCC2CO)n1. The lowest BCUT2D eigenvalue weighted by atomic mass is 10.0. The Kier molecular flexibility index (Phi) is 4.01. The summed E-state index contributed by atoms with van der Waals surface area (Å²) in [5, 5.41) is 13.6. The van der Waals surface area contributed by atoms with E-state index in [1.54, 1.807) is 9.58 Å². The molecule has 1 amide bonds. The van der Waals surface area contributed by atoms with Crippen molar-refractivity contribution in [2.45, 2.75) is 45.7 Å². The summed E-state index contributed by atoms with van der Waals surface area (Å²) in [5.74, 6) is 0.0555. The van der Waals surface area contributed by atoms with Gasteiger partial charge in [0.2, 0.25) is 5.91 Å². The van der Waals surface area contributed by atoms with Crippen LogP contribution in [0.25, 0.3) is 0 Å². The lowest BCUT2D eigenvalue weighted by molar-refractivity contribution is -0.136. The number of aryl methyl sites for hydroxylation is 2. The normalized spacial score (nSPS) is 20.2. The Morgan fingerprint density at radius 3 is 2.89 bits per heavy atom. The van der Waals surface area contributed by atoms with Crippen molar-refractivity contribution in [1.29, 1.82) is 0 Å². The molecule has 0 radical (unpaired) electrons. The number of piperidine rings is 1.